The Bertz CT molecular complexity index is 900. The number of hydrogen-bond donors (Lipinski definition) is 1. The number of ether oxygens (including phenoxy) is 1. The molecular formula is C19H15ClN2O2S. The summed E-state index contributed by atoms with van der Waals surface area (Å²) in [6.07, 6.45) is 2.37. The van der Waals surface area contributed by atoms with Gasteiger partial charge in [-0.15, -0.1) is 11.3 Å². The Labute approximate surface area is 154 Å². The van der Waals surface area contributed by atoms with Crippen molar-refractivity contribution >= 4 is 28.8 Å². The molecule has 1 N–H and O–H groups in total. The summed E-state index contributed by atoms with van der Waals surface area (Å²) in [5, 5.41) is 4.29. The van der Waals surface area contributed by atoms with Crippen LogP contribution in [-0.2, 0) is 6.42 Å². The molecule has 0 saturated heterocycles. The molecule has 2 heterocycles. The highest BCUT2D eigenvalue weighted by Gasteiger charge is 2.23. The Morgan fingerprint density at radius 2 is 2.04 bits per heavy atom. The van der Waals surface area contributed by atoms with Crippen molar-refractivity contribution in [3.8, 4) is 16.3 Å². The molecule has 2 aromatic carbocycles. The number of thiazole rings is 1. The van der Waals surface area contributed by atoms with Crippen LogP contribution in [0.3, 0.4) is 0 Å². The van der Waals surface area contributed by atoms with Gasteiger partial charge in [0.25, 0.3) is 5.91 Å². The topological polar surface area (TPSA) is 51.2 Å². The summed E-state index contributed by atoms with van der Waals surface area (Å²) in [5.74, 6) is 0.760. The predicted octanol–water partition coefficient (Wildman–Crippen LogP) is 4.20. The molecule has 0 radical (unpaired) electrons. The SMILES string of the molecule is O=C(NCC1Cc2ccccc2O1)c1cnc(-c2ccccc2Cl)s1. The summed E-state index contributed by atoms with van der Waals surface area (Å²) in [4.78, 5) is 17.3. The van der Waals surface area contributed by atoms with Gasteiger partial charge in [0.15, 0.2) is 0 Å². The number of carbonyl (C=O) groups is 1. The van der Waals surface area contributed by atoms with Gasteiger partial charge in [-0.1, -0.05) is 48.0 Å². The molecule has 0 aliphatic carbocycles. The Balaban J connectivity index is 1.39. The summed E-state index contributed by atoms with van der Waals surface area (Å²) in [6, 6.07) is 15.4. The quantitative estimate of drug-likeness (QED) is 0.748. The van der Waals surface area contributed by atoms with Gasteiger partial charge in [0.1, 0.15) is 21.7 Å². The number of carbonyl (C=O) groups excluding carboxylic acids is 1. The summed E-state index contributed by atoms with van der Waals surface area (Å²) < 4.78 is 5.84. The van der Waals surface area contributed by atoms with Gasteiger partial charge in [-0.25, -0.2) is 4.98 Å². The van der Waals surface area contributed by atoms with Crippen LogP contribution < -0.4 is 10.1 Å². The van der Waals surface area contributed by atoms with E-state index in [0.29, 0.717) is 16.4 Å². The van der Waals surface area contributed by atoms with Gasteiger partial charge in [0, 0.05) is 12.0 Å². The zero-order valence-electron chi connectivity index (χ0n) is 13.2. The third-order valence-electron chi connectivity index (χ3n) is 4.04. The van der Waals surface area contributed by atoms with Crippen LogP contribution in [0, 0.1) is 0 Å². The molecule has 6 heteroatoms. The van der Waals surface area contributed by atoms with Gasteiger partial charge >= 0.3 is 0 Å². The highest BCUT2D eigenvalue weighted by atomic mass is 35.5. The second-order valence-electron chi connectivity index (χ2n) is 5.77. The van der Waals surface area contributed by atoms with Crippen molar-refractivity contribution in [3.05, 3.63) is 70.2 Å². The van der Waals surface area contributed by atoms with E-state index in [2.05, 4.69) is 16.4 Å². The number of fused-ring (bicyclic) bond motifs is 1. The van der Waals surface area contributed by atoms with Crippen LogP contribution >= 0.6 is 22.9 Å². The molecule has 1 unspecified atom stereocenters. The molecule has 1 aromatic heterocycles. The second-order valence-corrected chi connectivity index (χ2v) is 7.21. The molecule has 0 fully saturated rings. The number of hydrogen-bond acceptors (Lipinski definition) is 4. The van der Waals surface area contributed by atoms with Gasteiger partial charge in [0.2, 0.25) is 0 Å². The fraction of sp³-hybridized carbons (Fsp3) is 0.158. The van der Waals surface area contributed by atoms with Crippen molar-refractivity contribution in [3.63, 3.8) is 0 Å². The lowest BCUT2D eigenvalue weighted by molar-refractivity contribution is 0.0937. The monoisotopic (exact) mass is 370 g/mol. The Kier molecular flexibility index (Phi) is 4.42. The molecule has 1 amide bonds. The number of benzene rings is 2. The first kappa shape index (κ1) is 16.1. The van der Waals surface area contributed by atoms with Gasteiger partial charge < -0.3 is 10.1 Å². The molecule has 1 aliphatic rings. The zero-order valence-corrected chi connectivity index (χ0v) is 14.8. The number of nitrogens with zero attached hydrogens (tertiary/aromatic N) is 1. The maximum atomic E-state index is 12.4. The molecule has 25 heavy (non-hydrogen) atoms. The van der Waals surface area contributed by atoms with Gasteiger partial charge in [-0.2, -0.15) is 0 Å². The Morgan fingerprint density at radius 3 is 2.88 bits per heavy atom. The molecule has 4 nitrogen and oxygen atoms in total. The minimum absolute atomic E-state index is 0.0303. The van der Waals surface area contributed by atoms with E-state index in [1.54, 1.807) is 6.20 Å². The first-order valence-corrected chi connectivity index (χ1v) is 9.13. The van der Waals surface area contributed by atoms with Crippen molar-refractivity contribution in [2.45, 2.75) is 12.5 Å². The van der Waals surface area contributed by atoms with E-state index in [1.165, 1.54) is 16.9 Å². The minimum Gasteiger partial charge on any atom is -0.488 e. The van der Waals surface area contributed by atoms with Crippen LogP contribution in [0.1, 0.15) is 15.2 Å². The molecule has 3 aromatic rings. The molecule has 0 bridgehead atoms. The third-order valence-corrected chi connectivity index (χ3v) is 5.40. The summed E-state index contributed by atoms with van der Waals surface area (Å²) >= 11 is 7.52. The molecule has 4 rings (SSSR count). The minimum atomic E-state index is -0.143. The summed E-state index contributed by atoms with van der Waals surface area (Å²) in [6.45, 7) is 0.465. The maximum absolute atomic E-state index is 12.4. The Hall–Kier alpha value is -2.37. The van der Waals surface area contributed by atoms with Crippen molar-refractivity contribution < 1.29 is 9.53 Å². The smallest absolute Gasteiger partial charge is 0.263 e. The van der Waals surface area contributed by atoms with Gasteiger partial charge in [-0.3, -0.25) is 4.79 Å². The highest BCUT2D eigenvalue weighted by Crippen LogP contribution is 2.31. The summed E-state index contributed by atoms with van der Waals surface area (Å²) in [7, 11) is 0. The number of halogens is 1. The molecule has 1 aliphatic heterocycles. The van der Waals surface area contributed by atoms with Crippen LogP contribution in [0.15, 0.2) is 54.7 Å². The predicted molar refractivity (Wildman–Crippen MR) is 99.5 cm³/mol. The van der Waals surface area contributed by atoms with E-state index < -0.39 is 0 Å². The van der Waals surface area contributed by atoms with E-state index in [1.807, 2.05) is 42.5 Å². The first-order valence-electron chi connectivity index (χ1n) is 7.94. The van der Waals surface area contributed by atoms with Crippen molar-refractivity contribution in [2.24, 2.45) is 0 Å². The average Bonchev–Trinajstić information content (AvgIpc) is 3.27. The molecule has 0 spiro atoms. The average molecular weight is 371 g/mol. The number of rotatable bonds is 4. The van der Waals surface area contributed by atoms with Crippen molar-refractivity contribution in [2.75, 3.05) is 6.54 Å². The van der Waals surface area contributed by atoms with E-state index in [-0.39, 0.29) is 12.0 Å². The van der Waals surface area contributed by atoms with Crippen LogP contribution in [0.2, 0.25) is 5.02 Å². The highest BCUT2D eigenvalue weighted by molar-refractivity contribution is 7.17. The third kappa shape index (κ3) is 3.38. The second kappa shape index (κ2) is 6.86. The first-order chi connectivity index (χ1) is 12.2. The zero-order chi connectivity index (χ0) is 17.2. The number of para-hydroxylation sites is 1. The fourth-order valence-corrected chi connectivity index (χ4v) is 3.95. The van der Waals surface area contributed by atoms with Crippen LogP contribution in [0.4, 0.5) is 0 Å². The van der Waals surface area contributed by atoms with Gasteiger partial charge in [0.05, 0.1) is 17.8 Å². The maximum Gasteiger partial charge on any atom is 0.263 e. The molecule has 126 valence electrons. The normalized spacial score (nSPS) is 15.5. The largest absolute Gasteiger partial charge is 0.488 e. The van der Waals surface area contributed by atoms with Gasteiger partial charge in [-0.05, 0) is 17.7 Å². The standard InChI is InChI=1S/C19H15ClN2O2S/c20-15-7-3-2-6-14(15)19-22-11-17(25-19)18(23)21-10-13-9-12-5-1-4-8-16(12)24-13/h1-8,11,13H,9-10H2,(H,21,23). The fourth-order valence-electron chi connectivity index (χ4n) is 2.80. The molecule has 1 atom stereocenters. The number of nitrogens with one attached hydrogen (secondary N) is 1. The van der Waals surface area contributed by atoms with Crippen molar-refractivity contribution in [1.82, 2.24) is 10.3 Å². The lowest BCUT2D eigenvalue weighted by Gasteiger charge is -2.11. The van der Waals surface area contributed by atoms with E-state index in [4.69, 9.17) is 16.3 Å². The lowest BCUT2D eigenvalue weighted by atomic mass is 10.1. The van der Waals surface area contributed by atoms with E-state index >= 15 is 0 Å². The lowest BCUT2D eigenvalue weighted by Crippen LogP contribution is -2.34. The molecule has 0 saturated carbocycles. The van der Waals surface area contributed by atoms with Crippen LogP contribution in [-0.4, -0.2) is 23.5 Å². The van der Waals surface area contributed by atoms with E-state index in [9.17, 15) is 4.79 Å². The number of aromatic nitrogens is 1. The Morgan fingerprint density at radius 1 is 1.24 bits per heavy atom. The van der Waals surface area contributed by atoms with E-state index in [0.717, 1.165) is 22.7 Å². The van der Waals surface area contributed by atoms with Crippen LogP contribution in [0.25, 0.3) is 10.6 Å². The van der Waals surface area contributed by atoms with Crippen molar-refractivity contribution in [1.29, 1.82) is 0 Å². The summed E-state index contributed by atoms with van der Waals surface area (Å²) in [5.41, 5.74) is 2.02. The molecular weight excluding hydrogens is 356 g/mol. The number of amides is 1. The van der Waals surface area contributed by atoms with Crippen LogP contribution in [0.5, 0.6) is 5.75 Å².